The molecule has 0 fully saturated rings. The highest BCUT2D eigenvalue weighted by molar-refractivity contribution is 6.33. The number of hydrogen-bond acceptors (Lipinski definition) is 2. The van der Waals surface area contributed by atoms with Gasteiger partial charge in [0.25, 0.3) is 0 Å². The van der Waals surface area contributed by atoms with Gasteiger partial charge in [-0.3, -0.25) is 0 Å². The summed E-state index contributed by atoms with van der Waals surface area (Å²) >= 11 is 6.34. The molecule has 1 N–H and O–H groups in total. The number of nitrogens with one attached hydrogen (secondary N) is 1. The van der Waals surface area contributed by atoms with E-state index in [4.69, 9.17) is 11.6 Å². The molecule has 0 heterocycles. The van der Waals surface area contributed by atoms with Gasteiger partial charge in [0.2, 0.25) is 0 Å². The maximum absolute atomic E-state index is 6.34. The Labute approximate surface area is 110 Å². The lowest BCUT2D eigenvalue weighted by Gasteiger charge is -2.25. The van der Waals surface area contributed by atoms with Gasteiger partial charge in [0.05, 0.1) is 10.7 Å². The molecule has 2 nitrogen and oxygen atoms in total. The van der Waals surface area contributed by atoms with Crippen molar-refractivity contribution in [2.75, 3.05) is 18.5 Å². The van der Waals surface area contributed by atoms with Crippen molar-refractivity contribution >= 4 is 17.3 Å². The van der Waals surface area contributed by atoms with Crippen LogP contribution >= 0.6 is 11.6 Å². The van der Waals surface area contributed by atoms with Gasteiger partial charge in [-0.05, 0) is 45.0 Å². The van der Waals surface area contributed by atoms with Gasteiger partial charge in [0.1, 0.15) is 0 Å². The van der Waals surface area contributed by atoms with Gasteiger partial charge in [0, 0.05) is 19.1 Å². The van der Waals surface area contributed by atoms with Crippen molar-refractivity contribution in [2.45, 2.75) is 39.8 Å². The summed E-state index contributed by atoms with van der Waals surface area (Å²) in [4.78, 5) is 2.18. The maximum atomic E-state index is 6.34. The van der Waals surface area contributed by atoms with E-state index in [1.54, 1.807) is 0 Å². The van der Waals surface area contributed by atoms with E-state index in [0.717, 1.165) is 17.3 Å². The summed E-state index contributed by atoms with van der Waals surface area (Å²) in [6.45, 7) is 9.55. The van der Waals surface area contributed by atoms with Gasteiger partial charge in [-0.25, -0.2) is 0 Å². The number of anilines is 1. The molecule has 0 bridgehead atoms. The standard InChI is InChI=1S/C14H23ClN2/c1-6-16-11(4)12-7-8-14(13(15)9-12)17(5)10(2)3/h7-11,16H,6H2,1-5H3. The number of benzene rings is 1. The average molecular weight is 255 g/mol. The minimum absolute atomic E-state index is 0.343. The van der Waals surface area contributed by atoms with Crippen molar-refractivity contribution in [1.29, 1.82) is 0 Å². The Bertz CT molecular complexity index is 363. The third-order valence-corrected chi connectivity index (χ3v) is 3.44. The van der Waals surface area contributed by atoms with E-state index >= 15 is 0 Å². The zero-order chi connectivity index (χ0) is 13.0. The Morgan fingerprint density at radius 1 is 1.29 bits per heavy atom. The second-order valence-corrected chi connectivity index (χ2v) is 5.10. The van der Waals surface area contributed by atoms with Crippen LogP contribution in [0.4, 0.5) is 5.69 Å². The molecule has 1 aromatic rings. The van der Waals surface area contributed by atoms with Crippen LogP contribution in [0.2, 0.25) is 5.02 Å². The smallest absolute Gasteiger partial charge is 0.0642 e. The molecule has 0 aliphatic rings. The molecule has 17 heavy (non-hydrogen) atoms. The van der Waals surface area contributed by atoms with E-state index < -0.39 is 0 Å². The first kappa shape index (κ1) is 14.3. The molecule has 0 amide bonds. The molecule has 1 atom stereocenters. The van der Waals surface area contributed by atoms with E-state index in [2.05, 4.69) is 63.2 Å². The van der Waals surface area contributed by atoms with Gasteiger partial charge in [0.15, 0.2) is 0 Å². The molecule has 0 radical (unpaired) electrons. The Balaban J connectivity index is 2.93. The lowest BCUT2D eigenvalue weighted by molar-refractivity contribution is 0.598. The summed E-state index contributed by atoms with van der Waals surface area (Å²) in [5, 5.41) is 4.21. The van der Waals surface area contributed by atoms with Gasteiger partial charge in [-0.15, -0.1) is 0 Å². The highest BCUT2D eigenvalue weighted by Gasteiger charge is 2.11. The molecular formula is C14H23ClN2. The zero-order valence-corrected chi connectivity index (χ0v) is 12.2. The highest BCUT2D eigenvalue weighted by Crippen LogP contribution is 2.29. The number of hydrogen-bond donors (Lipinski definition) is 1. The van der Waals surface area contributed by atoms with Crippen LogP contribution in [0.15, 0.2) is 18.2 Å². The minimum Gasteiger partial charge on any atom is -0.371 e. The van der Waals surface area contributed by atoms with Crippen LogP contribution < -0.4 is 10.2 Å². The van der Waals surface area contributed by atoms with Crippen LogP contribution in [0, 0.1) is 0 Å². The molecule has 0 aliphatic heterocycles. The van der Waals surface area contributed by atoms with E-state index in [0.29, 0.717) is 12.1 Å². The predicted molar refractivity (Wildman–Crippen MR) is 77.1 cm³/mol. The van der Waals surface area contributed by atoms with Gasteiger partial charge < -0.3 is 10.2 Å². The summed E-state index contributed by atoms with van der Waals surface area (Å²) in [6, 6.07) is 7.10. The molecule has 3 heteroatoms. The fraction of sp³-hybridized carbons (Fsp3) is 0.571. The van der Waals surface area contributed by atoms with Crippen LogP contribution in [0.1, 0.15) is 39.3 Å². The Morgan fingerprint density at radius 3 is 2.41 bits per heavy atom. The third kappa shape index (κ3) is 3.62. The van der Waals surface area contributed by atoms with Crippen LogP contribution in [-0.2, 0) is 0 Å². The Hall–Kier alpha value is -0.730. The predicted octanol–water partition coefficient (Wildman–Crippen LogP) is 3.86. The summed E-state index contributed by atoms with van der Waals surface area (Å²) in [6.07, 6.45) is 0. The fourth-order valence-corrected chi connectivity index (χ4v) is 2.10. The van der Waals surface area contributed by atoms with Gasteiger partial charge in [-0.1, -0.05) is 24.6 Å². The molecule has 0 spiro atoms. The fourth-order valence-electron chi connectivity index (χ4n) is 1.78. The average Bonchev–Trinajstić information content (AvgIpc) is 2.28. The van der Waals surface area contributed by atoms with E-state index in [1.807, 2.05) is 0 Å². The summed E-state index contributed by atoms with van der Waals surface area (Å²) in [5.41, 5.74) is 2.33. The van der Waals surface area contributed by atoms with Crippen LogP contribution in [-0.4, -0.2) is 19.6 Å². The van der Waals surface area contributed by atoms with Crippen molar-refractivity contribution in [3.05, 3.63) is 28.8 Å². The summed E-state index contributed by atoms with van der Waals surface area (Å²) < 4.78 is 0. The molecular weight excluding hydrogens is 232 g/mol. The van der Waals surface area contributed by atoms with Crippen molar-refractivity contribution in [2.24, 2.45) is 0 Å². The first-order valence-corrected chi connectivity index (χ1v) is 6.60. The highest BCUT2D eigenvalue weighted by atomic mass is 35.5. The molecule has 0 aliphatic carbocycles. The molecule has 1 rings (SSSR count). The maximum Gasteiger partial charge on any atom is 0.0642 e. The lowest BCUT2D eigenvalue weighted by atomic mass is 10.1. The van der Waals surface area contributed by atoms with E-state index in [9.17, 15) is 0 Å². The number of halogens is 1. The molecule has 0 saturated heterocycles. The zero-order valence-electron chi connectivity index (χ0n) is 11.4. The molecule has 1 aromatic carbocycles. The number of rotatable bonds is 5. The topological polar surface area (TPSA) is 15.3 Å². The largest absolute Gasteiger partial charge is 0.371 e. The van der Waals surface area contributed by atoms with Gasteiger partial charge in [-0.2, -0.15) is 0 Å². The first-order chi connectivity index (χ1) is 7.97. The summed E-state index contributed by atoms with van der Waals surface area (Å²) in [5.74, 6) is 0. The van der Waals surface area contributed by atoms with Crippen LogP contribution in [0.5, 0.6) is 0 Å². The quantitative estimate of drug-likeness (QED) is 0.859. The van der Waals surface area contributed by atoms with E-state index in [1.165, 1.54) is 5.56 Å². The second-order valence-electron chi connectivity index (χ2n) is 4.69. The Kier molecular flexibility index (Phi) is 5.29. The van der Waals surface area contributed by atoms with Gasteiger partial charge >= 0.3 is 0 Å². The van der Waals surface area contributed by atoms with Crippen molar-refractivity contribution < 1.29 is 0 Å². The monoisotopic (exact) mass is 254 g/mol. The molecule has 0 saturated carbocycles. The van der Waals surface area contributed by atoms with Crippen molar-refractivity contribution in [1.82, 2.24) is 5.32 Å². The third-order valence-electron chi connectivity index (χ3n) is 3.14. The lowest BCUT2D eigenvalue weighted by Crippen LogP contribution is -2.26. The van der Waals surface area contributed by atoms with Crippen molar-refractivity contribution in [3.8, 4) is 0 Å². The summed E-state index contributed by atoms with van der Waals surface area (Å²) in [7, 11) is 2.07. The SMILES string of the molecule is CCNC(C)c1ccc(N(C)C(C)C)c(Cl)c1. The Morgan fingerprint density at radius 2 is 1.94 bits per heavy atom. The second kappa shape index (κ2) is 6.27. The minimum atomic E-state index is 0.343. The molecule has 1 unspecified atom stereocenters. The normalized spacial score (nSPS) is 12.9. The van der Waals surface area contributed by atoms with Crippen LogP contribution in [0.3, 0.4) is 0 Å². The molecule has 0 aromatic heterocycles. The first-order valence-electron chi connectivity index (χ1n) is 6.23. The van der Waals surface area contributed by atoms with E-state index in [-0.39, 0.29) is 0 Å². The van der Waals surface area contributed by atoms with Crippen molar-refractivity contribution in [3.63, 3.8) is 0 Å². The molecule has 96 valence electrons. The van der Waals surface area contributed by atoms with Crippen LogP contribution in [0.25, 0.3) is 0 Å². The number of nitrogens with zero attached hydrogens (tertiary/aromatic N) is 1.